The Morgan fingerprint density at radius 1 is 1.08 bits per heavy atom. The van der Waals surface area contributed by atoms with Crippen LogP contribution in [0.15, 0.2) is 24.7 Å². The first-order chi connectivity index (χ1) is 5.91. The van der Waals surface area contributed by atoms with Crippen LogP contribution in [0.5, 0.6) is 0 Å². The van der Waals surface area contributed by atoms with Gasteiger partial charge in [0.1, 0.15) is 0 Å². The second kappa shape index (κ2) is 10.3. The van der Waals surface area contributed by atoms with E-state index in [-0.39, 0.29) is 0 Å². The minimum absolute atomic E-state index is 1.14. The Hall–Kier alpha value is -0.720. The van der Waals surface area contributed by atoms with Crippen molar-refractivity contribution in [1.82, 2.24) is 0 Å². The standard InChI is InChI=1S/C11H20O/c1-3-5-6-7-8-9-11-12-10-4-2/h4,9-11H,3,5-8H2,1-2H3. The van der Waals surface area contributed by atoms with Gasteiger partial charge in [-0.25, -0.2) is 0 Å². The number of ether oxygens (including phenoxy) is 1. The van der Waals surface area contributed by atoms with Gasteiger partial charge in [0.15, 0.2) is 0 Å². The zero-order valence-electron chi connectivity index (χ0n) is 8.25. The summed E-state index contributed by atoms with van der Waals surface area (Å²) >= 11 is 0. The molecule has 0 fully saturated rings. The first-order valence-electron chi connectivity index (χ1n) is 4.83. The lowest BCUT2D eigenvalue weighted by Crippen LogP contribution is -1.74. The van der Waals surface area contributed by atoms with E-state index < -0.39 is 0 Å². The predicted molar refractivity (Wildman–Crippen MR) is 53.8 cm³/mol. The van der Waals surface area contributed by atoms with Crippen LogP contribution in [0.25, 0.3) is 0 Å². The highest BCUT2D eigenvalue weighted by atomic mass is 16.5. The molecule has 0 aliphatic rings. The maximum absolute atomic E-state index is 5.03. The molecule has 0 radical (unpaired) electrons. The fourth-order valence-corrected chi connectivity index (χ4v) is 0.936. The van der Waals surface area contributed by atoms with Crippen LogP contribution in [0, 0.1) is 0 Å². The quantitative estimate of drug-likeness (QED) is 0.412. The highest BCUT2D eigenvalue weighted by Gasteiger charge is 1.83. The topological polar surface area (TPSA) is 9.23 Å². The SMILES string of the molecule is CC=COC=CCCCCCC. The second-order valence-corrected chi connectivity index (χ2v) is 2.83. The monoisotopic (exact) mass is 168 g/mol. The molecule has 0 rings (SSSR count). The van der Waals surface area contributed by atoms with Crippen molar-refractivity contribution >= 4 is 0 Å². The molecular formula is C11H20O. The van der Waals surface area contributed by atoms with Gasteiger partial charge in [-0.2, -0.15) is 0 Å². The van der Waals surface area contributed by atoms with Crippen LogP contribution in [0.3, 0.4) is 0 Å². The van der Waals surface area contributed by atoms with Crippen molar-refractivity contribution in [2.45, 2.75) is 46.0 Å². The third kappa shape index (κ3) is 9.28. The summed E-state index contributed by atoms with van der Waals surface area (Å²) in [6.45, 7) is 4.17. The highest BCUT2D eigenvalue weighted by molar-refractivity contribution is 4.77. The van der Waals surface area contributed by atoms with Crippen molar-refractivity contribution in [1.29, 1.82) is 0 Å². The number of hydrogen-bond donors (Lipinski definition) is 0. The predicted octanol–water partition coefficient (Wildman–Crippen LogP) is 4.02. The fraction of sp³-hybridized carbons (Fsp3) is 0.636. The van der Waals surface area contributed by atoms with E-state index in [1.54, 1.807) is 12.5 Å². The molecule has 0 aromatic heterocycles. The molecule has 12 heavy (non-hydrogen) atoms. The molecule has 1 nitrogen and oxygen atoms in total. The van der Waals surface area contributed by atoms with Gasteiger partial charge in [0, 0.05) is 0 Å². The second-order valence-electron chi connectivity index (χ2n) is 2.83. The zero-order valence-corrected chi connectivity index (χ0v) is 8.25. The van der Waals surface area contributed by atoms with E-state index in [9.17, 15) is 0 Å². The fourth-order valence-electron chi connectivity index (χ4n) is 0.936. The summed E-state index contributed by atoms with van der Waals surface area (Å²) in [5.74, 6) is 0. The van der Waals surface area contributed by atoms with Gasteiger partial charge in [0.2, 0.25) is 0 Å². The molecule has 0 saturated carbocycles. The smallest absolute Gasteiger partial charge is 0.0861 e. The summed E-state index contributed by atoms with van der Waals surface area (Å²) in [6, 6.07) is 0. The maximum atomic E-state index is 5.03. The Morgan fingerprint density at radius 3 is 2.58 bits per heavy atom. The molecule has 0 aliphatic heterocycles. The van der Waals surface area contributed by atoms with Gasteiger partial charge in [0.05, 0.1) is 12.5 Å². The number of rotatable bonds is 7. The van der Waals surface area contributed by atoms with Crippen molar-refractivity contribution in [3.05, 3.63) is 24.7 Å². The molecule has 0 aliphatic carbocycles. The molecule has 0 aromatic carbocycles. The molecule has 0 atom stereocenters. The number of allylic oxidation sites excluding steroid dienone is 2. The van der Waals surface area contributed by atoms with Gasteiger partial charge in [-0.1, -0.05) is 32.3 Å². The first kappa shape index (κ1) is 11.3. The number of unbranched alkanes of at least 4 members (excludes halogenated alkanes) is 4. The van der Waals surface area contributed by atoms with Crippen LogP contribution in [0.4, 0.5) is 0 Å². The van der Waals surface area contributed by atoms with Crippen LogP contribution in [0.1, 0.15) is 46.0 Å². The Morgan fingerprint density at radius 2 is 1.92 bits per heavy atom. The van der Waals surface area contributed by atoms with E-state index >= 15 is 0 Å². The first-order valence-corrected chi connectivity index (χ1v) is 4.83. The summed E-state index contributed by atoms with van der Waals surface area (Å²) in [5.41, 5.74) is 0. The third-order valence-corrected chi connectivity index (χ3v) is 1.61. The molecule has 0 N–H and O–H groups in total. The summed E-state index contributed by atoms with van der Waals surface area (Å²) in [7, 11) is 0. The molecule has 0 spiro atoms. The molecular weight excluding hydrogens is 148 g/mol. The lowest BCUT2D eigenvalue weighted by atomic mass is 10.2. The van der Waals surface area contributed by atoms with Crippen LogP contribution >= 0.6 is 0 Å². The van der Waals surface area contributed by atoms with Crippen molar-refractivity contribution < 1.29 is 4.74 Å². The molecule has 0 heterocycles. The average molecular weight is 168 g/mol. The van der Waals surface area contributed by atoms with Crippen LogP contribution in [-0.2, 0) is 4.74 Å². The van der Waals surface area contributed by atoms with Gasteiger partial charge < -0.3 is 4.74 Å². The Bertz CT molecular complexity index is 125. The summed E-state index contributed by atoms with van der Waals surface area (Å²) in [6.07, 6.45) is 13.8. The van der Waals surface area contributed by atoms with Crippen molar-refractivity contribution in [2.75, 3.05) is 0 Å². The van der Waals surface area contributed by atoms with E-state index in [1.165, 1.54) is 25.7 Å². The van der Waals surface area contributed by atoms with E-state index in [1.807, 2.05) is 13.0 Å². The maximum Gasteiger partial charge on any atom is 0.0861 e. The Balaban J connectivity index is 3.02. The van der Waals surface area contributed by atoms with Crippen LogP contribution < -0.4 is 0 Å². The van der Waals surface area contributed by atoms with E-state index in [4.69, 9.17) is 4.74 Å². The Kier molecular flexibility index (Phi) is 9.66. The lowest BCUT2D eigenvalue weighted by molar-refractivity contribution is 0.399. The van der Waals surface area contributed by atoms with Crippen molar-refractivity contribution in [3.63, 3.8) is 0 Å². The van der Waals surface area contributed by atoms with Crippen LogP contribution in [0.2, 0.25) is 0 Å². The van der Waals surface area contributed by atoms with E-state index in [0.29, 0.717) is 0 Å². The van der Waals surface area contributed by atoms with Gasteiger partial charge in [0.25, 0.3) is 0 Å². The van der Waals surface area contributed by atoms with Crippen molar-refractivity contribution in [3.8, 4) is 0 Å². The molecule has 1 heteroatoms. The van der Waals surface area contributed by atoms with Crippen molar-refractivity contribution in [2.24, 2.45) is 0 Å². The zero-order chi connectivity index (χ0) is 9.07. The van der Waals surface area contributed by atoms with Gasteiger partial charge in [-0.15, -0.1) is 0 Å². The van der Waals surface area contributed by atoms with Gasteiger partial charge in [-0.05, 0) is 25.8 Å². The molecule has 0 saturated heterocycles. The van der Waals surface area contributed by atoms with E-state index in [2.05, 4.69) is 13.0 Å². The summed E-state index contributed by atoms with van der Waals surface area (Å²) in [5, 5.41) is 0. The third-order valence-electron chi connectivity index (χ3n) is 1.61. The molecule has 0 aromatic rings. The summed E-state index contributed by atoms with van der Waals surface area (Å²) in [4.78, 5) is 0. The van der Waals surface area contributed by atoms with Gasteiger partial charge >= 0.3 is 0 Å². The highest BCUT2D eigenvalue weighted by Crippen LogP contribution is 2.02. The lowest BCUT2D eigenvalue weighted by Gasteiger charge is -1.93. The minimum Gasteiger partial charge on any atom is -0.473 e. The number of hydrogen-bond acceptors (Lipinski definition) is 1. The summed E-state index contributed by atoms with van der Waals surface area (Å²) < 4.78 is 5.03. The average Bonchev–Trinajstić information content (AvgIpc) is 2.10. The van der Waals surface area contributed by atoms with Crippen LogP contribution in [-0.4, -0.2) is 0 Å². The van der Waals surface area contributed by atoms with Gasteiger partial charge in [-0.3, -0.25) is 0 Å². The molecule has 0 bridgehead atoms. The van der Waals surface area contributed by atoms with E-state index in [0.717, 1.165) is 6.42 Å². The Labute approximate surface area is 76.1 Å². The molecule has 70 valence electrons. The minimum atomic E-state index is 1.14. The normalized spacial score (nSPS) is 11.5. The molecule has 0 amide bonds. The largest absolute Gasteiger partial charge is 0.473 e. The molecule has 0 unspecified atom stereocenters.